The zero-order valence-electron chi connectivity index (χ0n) is 16.9. The van der Waals surface area contributed by atoms with Gasteiger partial charge in [0.15, 0.2) is 0 Å². The molecule has 5 heteroatoms. The van der Waals surface area contributed by atoms with E-state index >= 15 is 0 Å². The van der Waals surface area contributed by atoms with Crippen molar-refractivity contribution in [3.05, 3.63) is 96.2 Å². The fourth-order valence-electron chi connectivity index (χ4n) is 3.06. The van der Waals surface area contributed by atoms with Crippen molar-refractivity contribution < 1.29 is 14.3 Å². The maximum Gasteiger partial charge on any atom is 0.268 e. The number of ether oxygens (including phenoxy) is 1. The van der Waals surface area contributed by atoms with Crippen LogP contribution in [0.25, 0.3) is 16.8 Å². The Labute approximate surface area is 176 Å². The average Bonchev–Trinajstić information content (AvgIpc) is 2.79. The maximum absolute atomic E-state index is 12.7. The Balaban J connectivity index is 2.02. The standard InChI is InChI=1S/C25H24N2O3/c1-3-16-26-25(29)22(27-24(28)18-10-6-5-7-11-18)17-19-14-15-23(30-4-2)21-13-9-8-12-20(19)21/h3,5-15,17H,1,4,16H2,2H3,(H,26,29)(H,27,28)/b22-17-. The monoisotopic (exact) mass is 400 g/mol. The number of carbonyl (C=O) groups is 2. The third-order valence-electron chi connectivity index (χ3n) is 4.45. The van der Waals surface area contributed by atoms with Crippen molar-refractivity contribution in [3.8, 4) is 5.75 Å². The largest absolute Gasteiger partial charge is 0.493 e. The van der Waals surface area contributed by atoms with Crippen molar-refractivity contribution in [2.45, 2.75) is 6.92 Å². The van der Waals surface area contributed by atoms with Crippen LogP contribution in [0.5, 0.6) is 5.75 Å². The van der Waals surface area contributed by atoms with Crippen LogP contribution in [0.3, 0.4) is 0 Å². The molecule has 3 aromatic carbocycles. The van der Waals surface area contributed by atoms with Gasteiger partial charge < -0.3 is 15.4 Å². The minimum atomic E-state index is -0.392. The molecule has 152 valence electrons. The zero-order chi connectivity index (χ0) is 21.3. The number of benzene rings is 3. The molecule has 0 unspecified atom stereocenters. The Kier molecular flexibility index (Phi) is 7.00. The molecule has 5 nitrogen and oxygen atoms in total. The second-order valence-corrected chi connectivity index (χ2v) is 6.51. The predicted octanol–water partition coefficient (Wildman–Crippen LogP) is 4.31. The predicted molar refractivity (Wildman–Crippen MR) is 120 cm³/mol. The average molecular weight is 400 g/mol. The highest BCUT2D eigenvalue weighted by Gasteiger charge is 2.15. The molecule has 0 radical (unpaired) electrons. The SMILES string of the molecule is C=CCNC(=O)/C(=C/c1ccc(OCC)c2ccccc12)NC(=O)c1ccccc1. The van der Waals surface area contributed by atoms with Crippen LogP contribution in [0.1, 0.15) is 22.8 Å². The lowest BCUT2D eigenvalue weighted by Crippen LogP contribution is -2.34. The topological polar surface area (TPSA) is 67.4 Å². The number of carbonyl (C=O) groups excluding carboxylic acids is 2. The first-order valence-electron chi connectivity index (χ1n) is 9.75. The second-order valence-electron chi connectivity index (χ2n) is 6.51. The lowest BCUT2D eigenvalue weighted by molar-refractivity contribution is -0.117. The molecule has 0 bridgehead atoms. The normalized spacial score (nSPS) is 11.0. The fraction of sp³-hybridized carbons (Fsp3) is 0.120. The van der Waals surface area contributed by atoms with E-state index in [9.17, 15) is 9.59 Å². The Morgan fingerprint density at radius 1 is 0.967 bits per heavy atom. The number of rotatable bonds is 8. The third-order valence-corrected chi connectivity index (χ3v) is 4.45. The summed E-state index contributed by atoms with van der Waals surface area (Å²) in [5, 5.41) is 7.32. The summed E-state index contributed by atoms with van der Waals surface area (Å²) in [5.74, 6) is 0.0271. The minimum Gasteiger partial charge on any atom is -0.493 e. The Morgan fingerprint density at radius 2 is 1.67 bits per heavy atom. The van der Waals surface area contributed by atoms with Crippen molar-refractivity contribution in [3.63, 3.8) is 0 Å². The summed E-state index contributed by atoms with van der Waals surface area (Å²) in [6.07, 6.45) is 3.26. The molecular formula is C25H24N2O3. The van der Waals surface area contributed by atoms with Gasteiger partial charge in [-0.3, -0.25) is 9.59 Å². The summed E-state index contributed by atoms with van der Waals surface area (Å²) in [7, 11) is 0. The molecule has 0 spiro atoms. The first kappa shape index (κ1) is 20.9. The molecule has 3 rings (SSSR count). The van der Waals surface area contributed by atoms with Gasteiger partial charge in [0.1, 0.15) is 11.4 Å². The Morgan fingerprint density at radius 3 is 2.37 bits per heavy atom. The summed E-state index contributed by atoms with van der Waals surface area (Å²) >= 11 is 0. The zero-order valence-corrected chi connectivity index (χ0v) is 16.9. The van der Waals surface area contributed by atoms with E-state index < -0.39 is 5.91 Å². The van der Waals surface area contributed by atoms with Gasteiger partial charge in [-0.1, -0.05) is 54.6 Å². The smallest absolute Gasteiger partial charge is 0.268 e. The van der Waals surface area contributed by atoms with E-state index in [4.69, 9.17) is 4.74 Å². The van der Waals surface area contributed by atoms with Gasteiger partial charge in [0.05, 0.1) is 6.61 Å². The highest BCUT2D eigenvalue weighted by Crippen LogP contribution is 2.29. The molecule has 2 N–H and O–H groups in total. The molecule has 2 amide bonds. The molecule has 0 atom stereocenters. The number of hydrogen-bond donors (Lipinski definition) is 2. The van der Waals surface area contributed by atoms with Gasteiger partial charge in [-0.2, -0.15) is 0 Å². The molecule has 0 heterocycles. The highest BCUT2D eigenvalue weighted by atomic mass is 16.5. The molecule has 0 fully saturated rings. The van der Waals surface area contributed by atoms with Gasteiger partial charge in [0.2, 0.25) is 0 Å². The summed E-state index contributed by atoms with van der Waals surface area (Å²) in [5.41, 5.74) is 1.42. The number of amides is 2. The molecule has 30 heavy (non-hydrogen) atoms. The van der Waals surface area contributed by atoms with Crippen molar-refractivity contribution in [1.82, 2.24) is 10.6 Å². The van der Waals surface area contributed by atoms with Crippen molar-refractivity contribution in [1.29, 1.82) is 0 Å². The van der Waals surface area contributed by atoms with Gasteiger partial charge in [-0.15, -0.1) is 6.58 Å². The van der Waals surface area contributed by atoms with Gasteiger partial charge >= 0.3 is 0 Å². The third kappa shape index (κ3) is 4.94. The molecule has 0 aliphatic rings. The van der Waals surface area contributed by atoms with Crippen LogP contribution in [0.2, 0.25) is 0 Å². The molecule has 3 aromatic rings. The van der Waals surface area contributed by atoms with Gasteiger partial charge in [-0.25, -0.2) is 0 Å². The maximum atomic E-state index is 12.7. The van der Waals surface area contributed by atoms with Crippen molar-refractivity contribution in [2.24, 2.45) is 0 Å². The molecule has 0 aromatic heterocycles. The van der Waals surface area contributed by atoms with E-state index in [1.54, 1.807) is 36.4 Å². The van der Waals surface area contributed by atoms with E-state index in [0.717, 1.165) is 22.1 Å². The molecule has 0 aliphatic carbocycles. The summed E-state index contributed by atoms with van der Waals surface area (Å²) < 4.78 is 5.72. The number of fused-ring (bicyclic) bond motifs is 1. The van der Waals surface area contributed by atoms with E-state index in [2.05, 4.69) is 17.2 Å². The van der Waals surface area contributed by atoms with Crippen LogP contribution >= 0.6 is 0 Å². The fourth-order valence-corrected chi connectivity index (χ4v) is 3.06. The van der Waals surface area contributed by atoms with Crippen LogP contribution in [0.4, 0.5) is 0 Å². The number of nitrogens with one attached hydrogen (secondary N) is 2. The number of hydrogen-bond acceptors (Lipinski definition) is 3. The summed E-state index contributed by atoms with van der Waals surface area (Å²) in [4.78, 5) is 25.4. The molecule has 0 saturated carbocycles. The van der Waals surface area contributed by atoms with Gasteiger partial charge in [-0.05, 0) is 42.1 Å². The molecule has 0 aliphatic heterocycles. The first-order valence-corrected chi connectivity index (χ1v) is 9.75. The van der Waals surface area contributed by atoms with Crippen LogP contribution in [-0.4, -0.2) is 25.0 Å². The van der Waals surface area contributed by atoms with Crippen LogP contribution in [0, 0.1) is 0 Å². The highest BCUT2D eigenvalue weighted by molar-refractivity contribution is 6.07. The molecular weight excluding hydrogens is 376 g/mol. The second kappa shape index (κ2) is 10.1. The lowest BCUT2D eigenvalue weighted by atomic mass is 10.0. The summed E-state index contributed by atoms with van der Waals surface area (Å²) in [6, 6.07) is 20.3. The lowest BCUT2D eigenvalue weighted by Gasteiger charge is -2.13. The Hall–Kier alpha value is -3.86. The van der Waals surface area contributed by atoms with Gasteiger partial charge in [0.25, 0.3) is 11.8 Å². The van der Waals surface area contributed by atoms with Crippen LogP contribution < -0.4 is 15.4 Å². The van der Waals surface area contributed by atoms with Crippen molar-refractivity contribution in [2.75, 3.05) is 13.2 Å². The van der Waals surface area contributed by atoms with Gasteiger partial charge in [0, 0.05) is 17.5 Å². The Bertz CT molecular complexity index is 1090. The van der Waals surface area contributed by atoms with Crippen LogP contribution in [-0.2, 0) is 4.79 Å². The van der Waals surface area contributed by atoms with Crippen LogP contribution in [0.15, 0.2) is 85.1 Å². The van der Waals surface area contributed by atoms with Crippen molar-refractivity contribution >= 4 is 28.7 Å². The quantitative estimate of drug-likeness (QED) is 0.437. The van der Waals surface area contributed by atoms with E-state index in [1.807, 2.05) is 49.4 Å². The molecule has 0 saturated heterocycles. The summed E-state index contributed by atoms with van der Waals surface area (Å²) in [6.45, 7) is 6.40. The van der Waals surface area contributed by atoms with E-state index in [0.29, 0.717) is 18.7 Å². The van der Waals surface area contributed by atoms with E-state index in [1.165, 1.54) is 0 Å². The van der Waals surface area contributed by atoms with E-state index in [-0.39, 0.29) is 11.6 Å². The first-order chi connectivity index (χ1) is 14.6. The minimum absolute atomic E-state index is 0.153.